The largest absolute Gasteiger partial charge is 0.494 e. The van der Waals surface area contributed by atoms with E-state index in [1.807, 2.05) is 37.3 Å². The number of hydrazone groups is 1. The summed E-state index contributed by atoms with van der Waals surface area (Å²) in [6.07, 6.45) is 1.48. The number of carbonyl (C=O) groups excluding carboxylic acids is 1. The maximum absolute atomic E-state index is 12.9. The Kier molecular flexibility index (Phi) is 5.75. The van der Waals surface area contributed by atoms with Crippen LogP contribution in [0.3, 0.4) is 0 Å². The van der Waals surface area contributed by atoms with Gasteiger partial charge in [-0.3, -0.25) is 4.79 Å². The van der Waals surface area contributed by atoms with Crippen molar-refractivity contribution < 1.29 is 13.9 Å². The van der Waals surface area contributed by atoms with E-state index >= 15 is 0 Å². The second kappa shape index (κ2) is 8.78. The lowest BCUT2D eigenvalue weighted by Gasteiger charge is -2.18. The summed E-state index contributed by atoms with van der Waals surface area (Å²) in [6, 6.07) is 19.6. The number of nitrogens with zero attached hydrogens (tertiary/aromatic N) is 2. The number of carbonyl (C=O) groups is 1. The average molecular weight is 403 g/mol. The molecule has 0 fully saturated rings. The molecule has 0 saturated carbocycles. The van der Waals surface area contributed by atoms with Gasteiger partial charge < -0.3 is 9.64 Å². The zero-order chi connectivity index (χ0) is 20.9. The predicted octanol–water partition coefficient (Wildman–Crippen LogP) is 4.51. The average Bonchev–Trinajstić information content (AvgIpc) is 3.19. The molecular weight excluding hydrogens is 381 g/mol. The van der Waals surface area contributed by atoms with Gasteiger partial charge >= 0.3 is 0 Å². The first-order valence-electron chi connectivity index (χ1n) is 9.81. The molecule has 1 heterocycles. The highest BCUT2D eigenvalue weighted by Crippen LogP contribution is 2.30. The number of amides is 1. The molecule has 0 aliphatic carbocycles. The fourth-order valence-electron chi connectivity index (χ4n) is 3.42. The number of ether oxygens (including phenoxy) is 1. The predicted molar refractivity (Wildman–Crippen MR) is 115 cm³/mol. The molecule has 1 aliphatic heterocycles. The lowest BCUT2D eigenvalue weighted by molar-refractivity contribution is 0.0955. The first kappa shape index (κ1) is 19.6. The molecule has 1 aliphatic rings. The van der Waals surface area contributed by atoms with Crippen LogP contribution in [0.4, 0.5) is 10.1 Å². The third-order valence-corrected chi connectivity index (χ3v) is 4.95. The van der Waals surface area contributed by atoms with Gasteiger partial charge in [0.15, 0.2) is 0 Å². The molecule has 1 amide bonds. The van der Waals surface area contributed by atoms with Crippen LogP contribution in [-0.4, -0.2) is 18.7 Å². The van der Waals surface area contributed by atoms with Crippen LogP contribution < -0.4 is 15.1 Å². The van der Waals surface area contributed by atoms with Crippen LogP contribution in [0.2, 0.25) is 0 Å². The van der Waals surface area contributed by atoms with Crippen molar-refractivity contribution in [2.45, 2.75) is 20.0 Å². The molecule has 6 heteroatoms. The van der Waals surface area contributed by atoms with E-state index in [2.05, 4.69) is 27.6 Å². The molecule has 0 atom stereocenters. The van der Waals surface area contributed by atoms with Crippen LogP contribution in [0.5, 0.6) is 5.75 Å². The number of hydrogen-bond acceptors (Lipinski definition) is 4. The second-order valence-corrected chi connectivity index (χ2v) is 7.02. The Morgan fingerprint density at radius 2 is 1.80 bits per heavy atom. The molecule has 5 nitrogen and oxygen atoms in total. The van der Waals surface area contributed by atoms with E-state index in [-0.39, 0.29) is 11.7 Å². The number of benzene rings is 3. The number of anilines is 1. The van der Waals surface area contributed by atoms with Gasteiger partial charge in [-0.2, -0.15) is 5.10 Å². The Hall–Kier alpha value is -3.67. The highest BCUT2D eigenvalue weighted by atomic mass is 19.1. The lowest BCUT2D eigenvalue weighted by Crippen LogP contribution is -2.17. The van der Waals surface area contributed by atoms with E-state index in [1.165, 1.54) is 23.9 Å². The Balaban J connectivity index is 1.39. The Bertz CT molecular complexity index is 1060. The second-order valence-electron chi connectivity index (χ2n) is 7.02. The molecule has 0 aromatic heterocycles. The van der Waals surface area contributed by atoms with Crippen molar-refractivity contribution in [1.82, 2.24) is 5.43 Å². The summed E-state index contributed by atoms with van der Waals surface area (Å²) in [4.78, 5) is 14.7. The van der Waals surface area contributed by atoms with Crippen LogP contribution in [0.25, 0.3) is 0 Å². The minimum atomic E-state index is -0.311. The maximum Gasteiger partial charge on any atom is 0.271 e. The van der Waals surface area contributed by atoms with Gasteiger partial charge in [0.1, 0.15) is 11.6 Å². The van der Waals surface area contributed by atoms with Crippen molar-refractivity contribution in [1.29, 1.82) is 0 Å². The smallest absolute Gasteiger partial charge is 0.271 e. The number of fused-ring (bicyclic) bond motifs is 1. The summed E-state index contributed by atoms with van der Waals surface area (Å²) in [6.45, 7) is 4.15. The topological polar surface area (TPSA) is 53.9 Å². The SMILES string of the molecule is CCOc1ccc(N2Cc3ccc(C(=O)N/N=C\c4ccc(F)cc4)cc3C2)cc1. The van der Waals surface area contributed by atoms with Crippen LogP contribution in [0.15, 0.2) is 71.8 Å². The fraction of sp³-hybridized carbons (Fsp3) is 0.167. The van der Waals surface area contributed by atoms with Gasteiger partial charge in [-0.15, -0.1) is 0 Å². The Morgan fingerprint density at radius 1 is 1.07 bits per heavy atom. The van der Waals surface area contributed by atoms with Crippen LogP contribution in [0.1, 0.15) is 34.0 Å². The molecule has 152 valence electrons. The fourth-order valence-corrected chi connectivity index (χ4v) is 3.42. The number of halogens is 1. The van der Waals surface area contributed by atoms with Crippen molar-refractivity contribution >= 4 is 17.8 Å². The molecule has 30 heavy (non-hydrogen) atoms. The molecule has 3 aromatic rings. The van der Waals surface area contributed by atoms with Crippen LogP contribution in [-0.2, 0) is 13.1 Å². The van der Waals surface area contributed by atoms with E-state index in [9.17, 15) is 9.18 Å². The molecule has 0 saturated heterocycles. The normalized spacial score (nSPS) is 12.8. The van der Waals surface area contributed by atoms with Crippen LogP contribution in [0, 0.1) is 5.82 Å². The zero-order valence-electron chi connectivity index (χ0n) is 16.6. The van der Waals surface area contributed by atoms with Crippen molar-refractivity contribution in [2.75, 3.05) is 11.5 Å². The standard InChI is InChI=1S/C24H22FN3O2/c1-2-30-23-11-9-22(10-12-23)28-15-19-6-5-18(13-20(19)16-28)24(29)27-26-14-17-3-7-21(25)8-4-17/h3-14H,2,15-16H2,1H3,(H,27,29)/b26-14-. The molecule has 0 radical (unpaired) electrons. The summed E-state index contributed by atoms with van der Waals surface area (Å²) >= 11 is 0. The maximum atomic E-state index is 12.9. The number of rotatable bonds is 6. The highest BCUT2D eigenvalue weighted by molar-refractivity contribution is 5.95. The van der Waals surface area contributed by atoms with E-state index in [0.29, 0.717) is 17.7 Å². The molecule has 0 spiro atoms. The summed E-state index contributed by atoms with van der Waals surface area (Å²) in [7, 11) is 0. The Morgan fingerprint density at radius 3 is 2.53 bits per heavy atom. The summed E-state index contributed by atoms with van der Waals surface area (Å²) in [5, 5.41) is 3.96. The number of nitrogens with one attached hydrogen (secondary N) is 1. The third kappa shape index (κ3) is 4.49. The van der Waals surface area contributed by atoms with Gasteiger partial charge in [-0.1, -0.05) is 18.2 Å². The minimum absolute atomic E-state index is 0.282. The van der Waals surface area contributed by atoms with Gasteiger partial charge in [-0.25, -0.2) is 9.82 Å². The molecular formula is C24H22FN3O2. The van der Waals surface area contributed by atoms with Gasteiger partial charge in [0.05, 0.1) is 12.8 Å². The Labute approximate surface area is 174 Å². The van der Waals surface area contributed by atoms with Crippen molar-refractivity contribution in [3.05, 3.63) is 94.8 Å². The molecule has 4 rings (SSSR count). The highest BCUT2D eigenvalue weighted by Gasteiger charge is 2.20. The van der Waals surface area contributed by atoms with Gasteiger partial charge in [-0.05, 0) is 72.1 Å². The third-order valence-electron chi connectivity index (χ3n) is 4.95. The minimum Gasteiger partial charge on any atom is -0.494 e. The molecule has 0 bridgehead atoms. The van der Waals surface area contributed by atoms with Crippen molar-refractivity contribution in [2.24, 2.45) is 5.10 Å². The van der Waals surface area contributed by atoms with E-state index in [4.69, 9.17) is 4.74 Å². The van der Waals surface area contributed by atoms with Crippen LogP contribution >= 0.6 is 0 Å². The summed E-state index contributed by atoms with van der Waals surface area (Å²) in [5.41, 5.74) is 7.23. The quantitative estimate of drug-likeness (QED) is 0.487. The van der Waals surface area contributed by atoms with E-state index < -0.39 is 0 Å². The van der Waals surface area contributed by atoms with Gasteiger partial charge in [0.25, 0.3) is 5.91 Å². The molecule has 3 aromatic carbocycles. The van der Waals surface area contributed by atoms with E-state index in [1.54, 1.807) is 12.1 Å². The monoisotopic (exact) mass is 403 g/mol. The molecule has 1 N–H and O–H groups in total. The zero-order valence-corrected chi connectivity index (χ0v) is 16.6. The lowest BCUT2D eigenvalue weighted by atomic mass is 10.1. The van der Waals surface area contributed by atoms with Crippen molar-refractivity contribution in [3.8, 4) is 5.75 Å². The molecule has 0 unspecified atom stereocenters. The van der Waals surface area contributed by atoms with E-state index in [0.717, 1.165) is 30.1 Å². The van der Waals surface area contributed by atoms with Gasteiger partial charge in [0.2, 0.25) is 0 Å². The number of hydrogen-bond donors (Lipinski definition) is 1. The summed E-state index contributed by atoms with van der Waals surface area (Å²) < 4.78 is 18.4. The first-order chi connectivity index (χ1) is 14.6. The first-order valence-corrected chi connectivity index (χ1v) is 9.81. The van der Waals surface area contributed by atoms with Gasteiger partial charge in [0, 0.05) is 24.3 Å². The summed E-state index contributed by atoms with van der Waals surface area (Å²) in [5.74, 6) is 0.266. The van der Waals surface area contributed by atoms with Crippen molar-refractivity contribution in [3.63, 3.8) is 0 Å².